The van der Waals surface area contributed by atoms with Gasteiger partial charge in [-0.2, -0.15) is 0 Å². The fraction of sp³-hybridized carbons (Fsp3) is 0.623. The Bertz CT molecular complexity index is 1440. The number of ether oxygens (including phenoxy) is 3. The smallest absolute Gasteiger partial charge is 0.306 e. The Balaban J connectivity index is 4.54. The van der Waals surface area contributed by atoms with Gasteiger partial charge in [0.2, 0.25) is 0 Å². The highest BCUT2D eigenvalue weighted by Gasteiger charge is 2.19. The van der Waals surface area contributed by atoms with Crippen molar-refractivity contribution in [2.75, 3.05) is 13.2 Å². The number of unbranched alkanes of at least 4 members (excludes halogenated alkanes) is 16. The maximum absolute atomic E-state index is 12.8. The standard InChI is InChI=1S/C61H98O6/c1-4-7-10-13-16-19-22-25-28-30-33-36-39-42-45-48-51-54-60(63)66-57-58(56-65-59(62)53-50-47-44-41-38-35-32-27-24-21-18-15-12-9-6-3)67-61(64)55-52-49-46-43-40-37-34-31-29-26-23-20-17-14-11-8-5-2/h8-9,11-12,16-21,25-29,32,34,37,43,46,58H,4-7,10,13-15,22-24,30-31,33,35-36,38-42,44-45,47-57H2,1-3H3/b11-8-,12-9-,19-16-,20-17-,21-18-,28-25-,29-26-,32-27-,37-34-,46-43-/t58-/m1/s1. The molecular weight excluding hydrogens is 829 g/mol. The fourth-order valence-electron chi connectivity index (χ4n) is 6.93. The summed E-state index contributed by atoms with van der Waals surface area (Å²) in [6.07, 6.45) is 74.7. The Labute approximate surface area is 412 Å². The van der Waals surface area contributed by atoms with Gasteiger partial charge in [-0.25, -0.2) is 0 Å². The summed E-state index contributed by atoms with van der Waals surface area (Å²) in [4.78, 5) is 38.1. The molecule has 0 aliphatic heterocycles. The van der Waals surface area contributed by atoms with Gasteiger partial charge in [-0.15, -0.1) is 0 Å². The highest BCUT2D eigenvalue weighted by atomic mass is 16.6. The van der Waals surface area contributed by atoms with Gasteiger partial charge in [0.1, 0.15) is 13.2 Å². The van der Waals surface area contributed by atoms with Crippen molar-refractivity contribution in [3.63, 3.8) is 0 Å². The fourth-order valence-corrected chi connectivity index (χ4v) is 6.93. The Kier molecular flexibility index (Phi) is 51.0. The van der Waals surface area contributed by atoms with Gasteiger partial charge < -0.3 is 14.2 Å². The summed E-state index contributed by atoms with van der Waals surface area (Å²) in [6, 6.07) is 0. The SMILES string of the molecule is CC/C=C\C/C=C\C/C=C\C/C=C\C/C=C\CCCC(=O)O[C@H](COC(=O)CCCCCCC/C=C\C/C=C\C/C=C\CC)COC(=O)CCCCCCCCC/C=C\C/C=C\CCCCC. The van der Waals surface area contributed by atoms with Gasteiger partial charge in [-0.1, -0.05) is 206 Å². The third-order valence-electron chi connectivity index (χ3n) is 10.9. The Hall–Kier alpha value is -4.19. The molecule has 378 valence electrons. The van der Waals surface area contributed by atoms with Crippen molar-refractivity contribution >= 4 is 17.9 Å². The van der Waals surface area contributed by atoms with E-state index in [1.807, 2.05) is 0 Å². The van der Waals surface area contributed by atoms with Crippen LogP contribution < -0.4 is 0 Å². The highest BCUT2D eigenvalue weighted by Crippen LogP contribution is 2.13. The van der Waals surface area contributed by atoms with Crippen LogP contribution >= 0.6 is 0 Å². The van der Waals surface area contributed by atoms with E-state index >= 15 is 0 Å². The van der Waals surface area contributed by atoms with Crippen LogP contribution in [0.2, 0.25) is 0 Å². The predicted molar refractivity (Wildman–Crippen MR) is 288 cm³/mol. The van der Waals surface area contributed by atoms with Gasteiger partial charge in [0.25, 0.3) is 0 Å². The van der Waals surface area contributed by atoms with E-state index in [1.54, 1.807) is 0 Å². The molecule has 0 heterocycles. The summed E-state index contributed by atoms with van der Waals surface area (Å²) in [5.74, 6) is -1.00. The number of hydrogen-bond donors (Lipinski definition) is 0. The van der Waals surface area contributed by atoms with Crippen LogP contribution in [-0.2, 0) is 28.6 Å². The van der Waals surface area contributed by atoms with Gasteiger partial charge in [-0.05, 0) is 122 Å². The van der Waals surface area contributed by atoms with E-state index in [0.29, 0.717) is 19.3 Å². The van der Waals surface area contributed by atoms with Crippen LogP contribution in [0.25, 0.3) is 0 Å². The molecule has 6 nitrogen and oxygen atoms in total. The van der Waals surface area contributed by atoms with Crippen LogP contribution in [0.5, 0.6) is 0 Å². The summed E-state index contributed by atoms with van der Waals surface area (Å²) < 4.78 is 16.8. The molecule has 0 unspecified atom stereocenters. The molecule has 0 bridgehead atoms. The second-order valence-corrected chi connectivity index (χ2v) is 17.4. The van der Waals surface area contributed by atoms with Crippen LogP contribution in [0.1, 0.15) is 226 Å². The Morgan fingerprint density at radius 2 is 0.597 bits per heavy atom. The van der Waals surface area contributed by atoms with E-state index in [9.17, 15) is 14.4 Å². The zero-order valence-corrected chi connectivity index (χ0v) is 43.1. The number of esters is 3. The second-order valence-electron chi connectivity index (χ2n) is 17.4. The Morgan fingerprint density at radius 3 is 0.955 bits per heavy atom. The first-order valence-corrected chi connectivity index (χ1v) is 27.0. The topological polar surface area (TPSA) is 78.9 Å². The third-order valence-corrected chi connectivity index (χ3v) is 10.9. The number of allylic oxidation sites excluding steroid dienone is 20. The summed E-state index contributed by atoms with van der Waals surface area (Å²) in [5, 5.41) is 0. The van der Waals surface area contributed by atoms with Crippen molar-refractivity contribution in [1.82, 2.24) is 0 Å². The van der Waals surface area contributed by atoms with Crippen molar-refractivity contribution in [3.05, 3.63) is 122 Å². The lowest BCUT2D eigenvalue weighted by Gasteiger charge is -2.18. The quantitative estimate of drug-likeness (QED) is 0.0262. The molecule has 67 heavy (non-hydrogen) atoms. The van der Waals surface area contributed by atoms with Gasteiger partial charge >= 0.3 is 17.9 Å². The molecule has 0 spiro atoms. The lowest BCUT2D eigenvalue weighted by Crippen LogP contribution is -2.30. The van der Waals surface area contributed by atoms with Crippen molar-refractivity contribution < 1.29 is 28.6 Å². The van der Waals surface area contributed by atoms with Gasteiger partial charge in [0.05, 0.1) is 0 Å². The Morgan fingerprint density at radius 1 is 0.313 bits per heavy atom. The molecule has 0 radical (unpaired) electrons. The summed E-state index contributed by atoms with van der Waals surface area (Å²) >= 11 is 0. The van der Waals surface area contributed by atoms with Crippen LogP contribution in [-0.4, -0.2) is 37.2 Å². The van der Waals surface area contributed by atoms with Crippen molar-refractivity contribution in [1.29, 1.82) is 0 Å². The van der Waals surface area contributed by atoms with E-state index < -0.39 is 6.10 Å². The summed E-state index contributed by atoms with van der Waals surface area (Å²) in [6.45, 7) is 6.31. The molecule has 0 amide bonds. The molecular formula is C61H98O6. The third kappa shape index (κ3) is 52.6. The first kappa shape index (κ1) is 62.8. The summed E-state index contributed by atoms with van der Waals surface area (Å²) in [5.41, 5.74) is 0. The molecule has 6 heteroatoms. The van der Waals surface area contributed by atoms with Crippen LogP contribution in [0.4, 0.5) is 0 Å². The minimum atomic E-state index is -0.822. The lowest BCUT2D eigenvalue weighted by atomic mass is 10.1. The predicted octanol–water partition coefficient (Wildman–Crippen LogP) is 18.1. The zero-order chi connectivity index (χ0) is 48.6. The molecule has 0 aliphatic carbocycles. The molecule has 0 rings (SSSR count). The molecule has 0 aromatic rings. The van der Waals surface area contributed by atoms with Crippen LogP contribution in [0, 0.1) is 0 Å². The van der Waals surface area contributed by atoms with E-state index in [2.05, 4.69) is 142 Å². The lowest BCUT2D eigenvalue weighted by molar-refractivity contribution is -0.167. The maximum Gasteiger partial charge on any atom is 0.306 e. The molecule has 0 fully saturated rings. The largest absolute Gasteiger partial charge is 0.462 e. The summed E-state index contributed by atoms with van der Waals surface area (Å²) in [7, 11) is 0. The molecule has 1 atom stereocenters. The van der Waals surface area contributed by atoms with E-state index in [0.717, 1.165) is 128 Å². The van der Waals surface area contributed by atoms with Gasteiger partial charge in [0.15, 0.2) is 6.10 Å². The van der Waals surface area contributed by atoms with Crippen molar-refractivity contribution in [2.45, 2.75) is 232 Å². The number of carbonyl (C=O) groups is 3. The second kappa shape index (κ2) is 54.4. The van der Waals surface area contributed by atoms with Gasteiger partial charge in [-0.3, -0.25) is 14.4 Å². The van der Waals surface area contributed by atoms with E-state index in [-0.39, 0.29) is 37.5 Å². The van der Waals surface area contributed by atoms with E-state index in [4.69, 9.17) is 14.2 Å². The minimum absolute atomic E-state index is 0.114. The average molecular weight is 927 g/mol. The number of rotatable bonds is 47. The van der Waals surface area contributed by atoms with Crippen molar-refractivity contribution in [2.24, 2.45) is 0 Å². The molecule has 0 aromatic heterocycles. The van der Waals surface area contributed by atoms with Gasteiger partial charge in [0, 0.05) is 19.3 Å². The molecule has 0 aromatic carbocycles. The number of hydrogen-bond acceptors (Lipinski definition) is 6. The minimum Gasteiger partial charge on any atom is -0.462 e. The van der Waals surface area contributed by atoms with Crippen molar-refractivity contribution in [3.8, 4) is 0 Å². The molecule has 0 N–H and O–H groups in total. The molecule has 0 saturated carbocycles. The maximum atomic E-state index is 12.8. The van der Waals surface area contributed by atoms with Crippen LogP contribution in [0.3, 0.4) is 0 Å². The average Bonchev–Trinajstić information content (AvgIpc) is 3.33. The first-order valence-electron chi connectivity index (χ1n) is 27.0. The normalized spacial score (nSPS) is 13.1. The monoisotopic (exact) mass is 927 g/mol. The first-order chi connectivity index (χ1) is 33.0. The van der Waals surface area contributed by atoms with Crippen LogP contribution in [0.15, 0.2) is 122 Å². The molecule has 0 aliphatic rings. The molecule has 0 saturated heterocycles. The number of carbonyl (C=O) groups excluding carboxylic acids is 3. The zero-order valence-electron chi connectivity index (χ0n) is 43.1. The van der Waals surface area contributed by atoms with E-state index in [1.165, 1.54) is 51.4 Å². The highest BCUT2D eigenvalue weighted by molar-refractivity contribution is 5.71.